The Kier molecular flexibility index (Phi) is 3.75. The highest BCUT2D eigenvalue weighted by Gasteiger charge is 2.19. The van der Waals surface area contributed by atoms with Crippen LogP contribution in [0.1, 0.15) is 11.3 Å². The molecule has 6 nitrogen and oxygen atoms in total. The molecule has 0 fully saturated rings. The Balaban J connectivity index is 2.40. The summed E-state index contributed by atoms with van der Waals surface area (Å²) in [6, 6.07) is 4.84. The molecule has 0 aliphatic rings. The van der Waals surface area contributed by atoms with Crippen molar-refractivity contribution in [3.8, 4) is 11.6 Å². The second-order valence-corrected chi connectivity index (χ2v) is 4.69. The molecule has 2 aromatic heterocycles. The highest BCUT2D eigenvalue weighted by molar-refractivity contribution is 9.10. The number of aromatic nitrogens is 2. The SMILES string of the molecule is Cc1cnc(Oc2ccc(C)nc2Br)c([N+](=O)[O-])c1. The first-order valence-electron chi connectivity index (χ1n) is 5.39. The minimum atomic E-state index is -0.523. The van der Waals surface area contributed by atoms with E-state index in [0.717, 1.165) is 5.69 Å². The van der Waals surface area contributed by atoms with Crippen LogP contribution in [0.2, 0.25) is 0 Å². The minimum Gasteiger partial charge on any atom is -0.431 e. The summed E-state index contributed by atoms with van der Waals surface area (Å²) in [6.45, 7) is 3.56. The number of hydrogen-bond acceptors (Lipinski definition) is 5. The van der Waals surface area contributed by atoms with Gasteiger partial charge in [0.15, 0.2) is 5.75 Å². The number of halogens is 1. The zero-order chi connectivity index (χ0) is 14.0. The monoisotopic (exact) mass is 323 g/mol. The van der Waals surface area contributed by atoms with Crippen LogP contribution in [0.15, 0.2) is 29.0 Å². The molecule has 0 aliphatic carbocycles. The third-order valence-corrected chi connectivity index (χ3v) is 2.89. The summed E-state index contributed by atoms with van der Waals surface area (Å²) in [5, 5.41) is 11.0. The van der Waals surface area contributed by atoms with Gasteiger partial charge in [0.25, 0.3) is 5.88 Å². The molecule has 98 valence electrons. The maximum absolute atomic E-state index is 11.0. The number of nitro groups is 1. The van der Waals surface area contributed by atoms with Crippen molar-refractivity contribution >= 4 is 21.6 Å². The molecule has 0 aromatic carbocycles. The van der Waals surface area contributed by atoms with Gasteiger partial charge in [-0.3, -0.25) is 10.1 Å². The molecule has 19 heavy (non-hydrogen) atoms. The van der Waals surface area contributed by atoms with E-state index in [4.69, 9.17) is 4.74 Å². The summed E-state index contributed by atoms with van der Waals surface area (Å²) in [5.41, 5.74) is 1.33. The van der Waals surface area contributed by atoms with Gasteiger partial charge in [-0.15, -0.1) is 0 Å². The van der Waals surface area contributed by atoms with Crippen LogP contribution in [0, 0.1) is 24.0 Å². The van der Waals surface area contributed by atoms with Crippen molar-refractivity contribution in [1.82, 2.24) is 9.97 Å². The molecule has 2 rings (SSSR count). The first-order valence-corrected chi connectivity index (χ1v) is 6.18. The number of aryl methyl sites for hydroxylation is 2. The van der Waals surface area contributed by atoms with Crippen LogP contribution >= 0.6 is 15.9 Å². The molecule has 2 heterocycles. The third-order valence-electron chi connectivity index (χ3n) is 2.33. The molecule has 0 spiro atoms. The fourth-order valence-electron chi connectivity index (χ4n) is 1.44. The molecule has 7 heteroatoms. The van der Waals surface area contributed by atoms with Crippen LogP contribution < -0.4 is 4.74 Å². The van der Waals surface area contributed by atoms with Gasteiger partial charge in [-0.1, -0.05) is 0 Å². The van der Waals surface area contributed by atoms with E-state index in [9.17, 15) is 10.1 Å². The molecule has 2 aromatic rings. The molecule has 0 radical (unpaired) electrons. The molecular weight excluding hydrogens is 314 g/mol. The molecule has 0 unspecified atom stereocenters. The van der Waals surface area contributed by atoms with Gasteiger partial charge >= 0.3 is 5.69 Å². The molecule has 0 aliphatic heterocycles. The second-order valence-electron chi connectivity index (χ2n) is 3.94. The Labute approximate surface area is 117 Å². The largest absolute Gasteiger partial charge is 0.431 e. The average Bonchev–Trinajstić information content (AvgIpc) is 2.34. The smallest absolute Gasteiger partial charge is 0.331 e. The predicted molar refractivity (Wildman–Crippen MR) is 72.4 cm³/mol. The second kappa shape index (κ2) is 5.31. The highest BCUT2D eigenvalue weighted by Crippen LogP contribution is 2.32. The van der Waals surface area contributed by atoms with Gasteiger partial charge < -0.3 is 4.74 Å². The van der Waals surface area contributed by atoms with Gasteiger partial charge in [0.05, 0.1) is 4.92 Å². The van der Waals surface area contributed by atoms with E-state index in [1.54, 1.807) is 19.1 Å². The number of hydrogen-bond donors (Lipinski definition) is 0. The lowest BCUT2D eigenvalue weighted by atomic mass is 10.3. The lowest BCUT2D eigenvalue weighted by Gasteiger charge is -2.07. The maximum Gasteiger partial charge on any atom is 0.331 e. The third kappa shape index (κ3) is 3.05. The van der Waals surface area contributed by atoms with Gasteiger partial charge in [-0.2, -0.15) is 0 Å². The molecule has 0 atom stereocenters. The van der Waals surface area contributed by atoms with Gasteiger partial charge in [0.1, 0.15) is 4.60 Å². The van der Waals surface area contributed by atoms with Crippen molar-refractivity contribution in [2.75, 3.05) is 0 Å². The Morgan fingerprint density at radius 3 is 2.74 bits per heavy atom. The molecule has 0 saturated carbocycles. The van der Waals surface area contributed by atoms with Crippen molar-refractivity contribution in [2.24, 2.45) is 0 Å². The summed E-state index contributed by atoms with van der Waals surface area (Å²) < 4.78 is 5.93. The first-order chi connectivity index (χ1) is 8.97. The average molecular weight is 324 g/mol. The zero-order valence-corrected chi connectivity index (χ0v) is 11.8. The molecule has 0 saturated heterocycles. The van der Waals surface area contributed by atoms with Crippen molar-refractivity contribution in [3.05, 3.63) is 50.4 Å². The van der Waals surface area contributed by atoms with Crippen LogP contribution in [0.5, 0.6) is 11.6 Å². The summed E-state index contributed by atoms with van der Waals surface area (Å²) in [7, 11) is 0. The van der Waals surface area contributed by atoms with E-state index in [1.165, 1.54) is 12.3 Å². The Morgan fingerprint density at radius 1 is 1.37 bits per heavy atom. The maximum atomic E-state index is 11.0. The molecule has 0 N–H and O–H groups in total. The highest BCUT2D eigenvalue weighted by atomic mass is 79.9. The first kappa shape index (κ1) is 13.4. The summed E-state index contributed by atoms with van der Waals surface area (Å²) >= 11 is 3.25. The molecule has 0 bridgehead atoms. The minimum absolute atomic E-state index is 0.0537. The Bertz CT molecular complexity index is 646. The van der Waals surface area contributed by atoms with Crippen LogP contribution in [0.25, 0.3) is 0 Å². The number of nitrogens with zero attached hydrogens (tertiary/aromatic N) is 3. The summed E-state index contributed by atoms with van der Waals surface area (Å²) in [5.74, 6) is 0.326. The lowest BCUT2D eigenvalue weighted by Crippen LogP contribution is -1.98. The van der Waals surface area contributed by atoms with E-state index >= 15 is 0 Å². The van der Waals surface area contributed by atoms with Crippen LogP contribution in [0.4, 0.5) is 5.69 Å². The van der Waals surface area contributed by atoms with E-state index in [-0.39, 0.29) is 11.6 Å². The van der Waals surface area contributed by atoms with E-state index in [0.29, 0.717) is 15.9 Å². The van der Waals surface area contributed by atoms with Crippen molar-refractivity contribution in [3.63, 3.8) is 0 Å². The number of rotatable bonds is 3. The fourth-order valence-corrected chi connectivity index (χ4v) is 1.94. The zero-order valence-electron chi connectivity index (χ0n) is 10.3. The summed E-state index contributed by atoms with van der Waals surface area (Å²) in [4.78, 5) is 18.5. The summed E-state index contributed by atoms with van der Waals surface area (Å²) in [6.07, 6.45) is 1.51. The Hall–Kier alpha value is -2.02. The van der Waals surface area contributed by atoms with Crippen LogP contribution in [-0.4, -0.2) is 14.9 Å². The lowest BCUT2D eigenvalue weighted by molar-refractivity contribution is -0.386. The van der Waals surface area contributed by atoms with E-state index in [2.05, 4.69) is 25.9 Å². The Morgan fingerprint density at radius 2 is 2.11 bits per heavy atom. The van der Waals surface area contributed by atoms with Gasteiger partial charge in [0, 0.05) is 18.0 Å². The standard InChI is InChI=1S/C12H10BrN3O3/c1-7-5-9(16(17)18)12(14-6-7)19-10-4-3-8(2)15-11(10)13/h3-6H,1-2H3. The predicted octanol–water partition coefficient (Wildman–Crippen LogP) is 3.56. The number of ether oxygens (including phenoxy) is 1. The van der Waals surface area contributed by atoms with Crippen molar-refractivity contribution < 1.29 is 9.66 Å². The van der Waals surface area contributed by atoms with Crippen LogP contribution in [-0.2, 0) is 0 Å². The normalized spacial score (nSPS) is 10.3. The topological polar surface area (TPSA) is 78.2 Å². The number of pyridine rings is 2. The quantitative estimate of drug-likeness (QED) is 0.490. The molecule has 0 amide bonds. The van der Waals surface area contributed by atoms with Gasteiger partial charge in [-0.25, -0.2) is 9.97 Å². The van der Waals surface area contributed by atoms with E-state index < -0.39 is 4.92 Å². The van der Waals surface area contributed by atoms with Gasteiger partial charge in [-0.05, 0) is 47.5 Å². The van der Waals surface area contributed by atoms with Crippen molar-refractivity contribution in [1.29, 1.82) is 0 Å². The van der Waals surface area contributed by atoms with Gasteiger partial charge in [0.2, 0.25) is 0 Å². The van der Waals surface area contributed by atoms with Crippen molar-refractivity contribution in [2.45, 2.75) is 13.8 Å². The molecular formula is C12H10BrN3O3. The van der Waals surface area contributed by atoms with E-state index in [1.807, 2.05) is 6.92 Å². The van der Waals surface area contributed by atoms with Crippen LogP contribution in [0.3, 0.4) is 0 Å². The fraction of sp³-hybridized carbons (Fsp3) is 0.167.